The fourth-order valence-electron chi connectivity index (χ4n) is 3.41. The normalized spacial score (nSPS) is 22.2. The van der Waals surface area contributed by atoms with Crippen LogP contribution in [0.3, 0.4) is 0 Å². The molecular formula is C20H32O3S. The minimum Gasteiger partial charge on any atom is -0.388 e. The predicted octanol–water partition coefficient (Wildman–Crippen LogP) is 5.24. The molecule has 1 aliphatic carbocycles. The first-order valence-corrected chi connectivity index (χ1v) is 10.4. The Balaban J connectivity index is 1.94. The molecule has 2 rings (SSSR count). The van der Waals surface area contributed by atoms with Gasteiger partial charge in [0, 0.05) is 22.8 Å². The highest BCUT2D eigenvalue weighted by Crippen LogP contribution is 2.41. The molecule has 0 aliphatic heterocycles. The molecule has 0 radical (unpaired) electrons. The van der Waals surface area contributed by atoms with Gasteiger partial charge < -0.3 is 9.84 Å². The van der Waals surface area contributed by atoms with E-state index >= 15 is 0 Å². The maximum Gasteiger partial charge on any atom is 0.141 e. The number of ketones is 1. The van der Waals surface area contributed by atoms with Crippen LogP contribution in [0.15, 0.2) is 12.1 Å². The van der Waals surface area contributed by atoms with Gasteiger partial charge in [0.2, 0.25) is 0 Å². The summed E-state index contributed by atoms with van der Waals surface area (Å²) in [4.78, 5) is 14.5. The monoisotopic (exact) mass is 352 g/mol. The lowest BCUT2D eigenvalue weighted by Crippen LogP contribution is -2.17. The molecule has 1 aromatic heterocycles. The molecule has 0 amide bonds. The molecule has 24 heavy (non-hydrogen) atoms. The summed E-state index contributed by atoms with van der Waals surface area (Å²) in [6.07, 6.45) is 7.63. The molecular weight excluding hydrogens is 320 g/mol. The van der Waals surface area contributed by atoms with Crippen LogP contribution < -0.4 is 0 Å². The van der Waals surface area contributed by atoms with E-state index in [1.54, 1.807) is 11.3 Å². The number of rotatable bonds is 11. The van der Waals surface area contributed by atoms with Gasteiger partial charge in [-0.25, -0.2) is 0 Å². The molecule has 1 aromatic rings. The lowest BCUT2D eigenvalue weighted by molar-refractivity contribution is -0.119. The molecule has 0 spiro atoms. The van der Waals surface area contributed by atoms with Gasteiger partial charge >= 0.3 is 0 Å². The largest absolute Gasteiger partial charge is 0.388 e. The molecule has 3 atom stereocenters. The van der Waals surface area contributed by atoms with Gasteiger partial charge in [0.15, 0.2) is 0 Å². The van der Waals surface area contributed by atoms with E-state index in [1.165, 1.54) is 6.42 Å². The number of carbonyl (C=O) groups is 1. The second kappa shape index (κ2) is 10.3. The molecule has 1 aliphatic rings. The van der Waals surface area contributed by atoms with E-state index in [-0.39, 0.29) is 12.0 Å². The van der Waals surface area contributed by atoms with Crippen molar-refractivity contribution >= 4 is 17.1 Å². The first kappa shape index (κ1) is 19.6. The van der Waals surface area contributed by atoms with E-state index in [4.69, 9.17) is 4.74 Å². The summed E-state index contributed by atoms with van der Waals surface area (Å²) in [6, 6.07) is 4.06. The molecule has 4 heteroatoms. The van der Waals surface area contributed by atoms with Crippen LogP contribution in [0.4, 0.5) is 0 Å². The van der Waals surface area contributed by atoms with Crippen LogP contribution in [0.25, 0.3) is 0 Å². The van der Waals surface area contributed by atoms with Crippen molar-refractivity contribution in [2.45, 2.75) is 77.2 Å². The van der Waals surface area contributed by atoms with E-state index in [0.29, 0.717) is 24.7 Å². The molecule has 3 unspecified atom stereocenters. The van der Waals surface area contributed by atoms with Crippen LogP contribution in [0.1, 0.15) is 87.0 Å². The third kappa shape index (κ3) is 5.40. The summed E-state index contributed by atoms with van der Waals surface area (Å²) in [5.41, 5.74) is 0. The van der Waals surface area contributed by atoms with Crippen molar-refractivity contribution in [3.63, 3.8) is 0 Å². The smallest absolute Gasteiger partial charge is 0.141 e. The molecule has 1 N–H and O–H groups in total. The third-order valence-electron chi connectivity index (χ3n) is 4.92. The second-order valence-electron chi connectivity index (χ2n) is 6.92. The second-order valence-corrected chi connectivity index (χ2v) is 8.07. The number of hydrogen-bond acceptors (Lipinski definition) is 4. The number of aliphatic hydroxyl groups excluding tert-OH is 1. The number of thiophene rings is 1. The zero-order chi connectivity index (χ0) is 17.4. The molecule has 0 bridgehead atoms. The molecule has 1 saturated carbocycles. The summed E-state index contributed by atoms with van der Waals surface area (Å²) < 4.78 is 5.78. The first-order valence-electron chi connectivity index (χ1n) is 9.55. The number of aliphatic hydroxyl groups is 1. The van der Waals surface area contributed by atoms with Crippen molar-refractivity contribution in [2.24, 2.45) is 5.92 Å². The Hall–Kier alpha value is -0.710. The Bertz CT molecular complexity index is 497. The molecule has 0 aromatic carbocycles. The predicted molar refractivity (Wildman–Crippen MR) is 99.6 cm³/mol. The van der Waals surface area contributed by atoms with Crippen molar-refractivity contribution in [2.75, 3.05) is 13.2 Å². The number of hydrogen-bond donors (Lipinski definition) is 1. The summed E-state index contributed by atoms with van der Waals surface area (Å²) >= 11 is 1.62. The highest BCUT2D eigenvalue weighted by atomic mass is 32.1. The maximum atomic E-state index is 12.4. The highest BCUT2D eigenvalue weighted by Gasteiger charge is 2.37. The van der Waals surface area contributed by atoms with Crippen LogP contribution in [0.5, 0.6) is 0 Å². The Morgan fingerprint density at radius 1 is 1.25 bits per heavy atom. The Labute approximate surface area is 150 Å². The Kier molecular flexibility index (Phi) is 8.43. The number of ether oxygens (including phenoxy) is 1. The molecule has 136 valence electrons. The molecule has 3 nitrogen and oxygen atoms in total. The van der Waals surface area contributed by atoms with Gasteiger partial charge in [0.05, 0.1) is 18.6 Å². The van der Waals surface area contributed by atoms with Crippen LogP contribution in [-0.2, 0) is 9.53 Å². The number of Topliss-reactive ketones (excluding diaryl/α,β-unsaturated/α-hetero) is 1. The number of carbonyl (C=O) groups excluding carboxylic acids is 1. The van der Waals surface area contributed by atoms with E-state index < -0.39 is 0 Å². The zero-order valence-electron chi connectivity index (χ0n) is 15.1. The SMILES string of the molecule is CCCCCC(O)c1ccc(C2C(=O)CCC2COCCCC)s1. The van der Waals surface area contributed by atoms with Crippen molar-refractivity contribution in [1.82, 2.24) is 0 Å². The van der Waals surface area contributed by atoms with Gasteiger partial charge in [-0.15, -0.1) is 11.3 Å². The standard InChI is InChI=1S/C20H32O3S/c1-3-5-7-8-16(21)18-11-12-19(24-18)20-15(9-10-17(20)22)14-23-13-6-4-2/h11-12,15-16,20-21H,3-10,13-14H2,1-2H3. The lowest BCUT2D eigenvalue weighted by atomic mass is 9.94. The Morgan fingerprint density at radius 2 is 2.04 bits per heavy atom. The van der Waals surface area contributed by atoms with E-state index in [1.807, 2.05) is 6.07 Å². The summed E-state index contributed by atoms with van der Waals surface area (Å²) in [5, 5.41) is 10.3. The topological polar surface area (TPSA) is 46.5 Å². The minimum absolute atomic E-state index is 0.0202. The van der Waals surface area contributed by atoms with Gasteiger partial charge in [0.1, 0.15) is 5.78 Å². The Morgan fingerprint density at radius 3 is 2.79 bits per heavy atom. The van der Waals surface area contributed by atoms with Crippen LogP contribution >= 0.6 is 11.3 Å². The minimum atomic E-state index is -0.383. The molecule has 1 fully saturated rings. The molecule has 1 heterocycles. The van der Waals surface area contributed by atoms with Crippen LogP contribution in [0.2, 0.25) is 0 Å². The van der Waals surface area contributed by atoms with Gasteiger partial charge in [-0.2, -0.15) is 0 Å². The van der Waals surface area contributed by atoms with Gasteiger partial charge in [-0.3, -0.25) is 4.79 Å². The van der Waals surface area contributed by atoms with E-state index in [0.717, 1.165) is 54.9 Å². The van der Waals surface area contributed by atoms with E-state index in [9.17, 15) is 9.90 Å². The van der Waals surface area contributed by atoms with E-state index in [2.05, 4.69) is 19.9 Å². The van der Waals surface area contributed by atoms with Gasteiger partial charge in [0.25, 0.3) is 0 Å². The van der Waals surface area contributed by atoms with Gasteiger partial charge in [-0.1, -0.05) is 39.5 Å². The average Bonchev–Trinajstić information content (AvgIpc) is 3.18. The van der Waals surface area contributed by atoms with Crippen molar-refractivity contribution < 1.29 is 14.6 Å². The highest BCUT2D eigenvalue weighted by molar-refractivity contribution is 7.12. The summed E-state index contributed by atoms with van der Waals surface area (Å²) in [7, 11) is 0. The summed E-state index contributed by atoms with van der Waals surface area (Å²) in [5.74, 6) is 0.624. The zero-order valence-corrected chi connectivity index (χ0v) is 15.9. The maximum absolute atomic E-state index is 12.4. The fraction of sp³-hybridized carbons (Fsp3) is 0.750. The van der Waals surface area contributed by atoms with Crippen molar-refractivity contribution in [3.05, 3.63) is 21.9 Å². The summed E-state index contributed by atoms with van der Waals surface area (Å²) in [6.45, 7) is 5.80. The third-order valence-corrected chi connectivity index (χ3v) is 6.19. The van der Waals surface area contributed by atoms with Crippen LogP contribution in [0, 0.1) is 5.92 Å². The van der Waals surface area contributed by atoms with Crippen molar-refractivity contribution in [1.29, 1.82) is 0 Å². The fourth-order valence-corrected chi connectivity index (χ4v) is 4.66. The number of unbranched alkanes of at least 4 members (excludes halogenated alkanes) is 3. The first-order chi connectivity index (χ1) is 11.7. The average molecular weight is 353 g/mol. The lowest BCUT2D eigenvalue weighted by Gasteiger charge is -2.17. The quantitative estimate of drug-likeness (QED) is 0.554. The van der Waals surface area contributed by atoms with Crippen LogP contribution in [-0.4, -0.2) is 24.1 Å². The van der Waals surface area contributed by atoms with Crippen molar-refractivity contribution in [3.8, 4) is 0 Å². The molecule has 0 saturated heterocycles. The van der Waals surface area contributed by atoms with Gasteiger partial charge in [-0.05, 0) is 37.3 Å².